The molecule has 0 fully saturated rings. The number of aliphatic hydroxyl groups is 1. The summed E-state index contributed by atoms with van der Waals surface area (Å²) in [5, 5.41) is 18.2. The molecule has 0 amide bonds. The van der Waals surface area contributed by atoms with Gasteiger partial charge in [-0.25, -0.2) is 0 Å². The minimum Gasteiger partial charge on any atom is -0.481 e. The topological polar surface area (TPSA) is 57.5 Å². The second-order valence-corrected chi connectivity index (χ2v) is 6.89. The van der Waals surface area contributed by atoms with Gasteiger partial charge in [0, 0.05) is 6.42 Å². The Labute approximate surface area is 137 Å². The zero-order valence-corrected chi connectivity index (χ0v) is 14.9. The summed E-state index contributed by atoms with van der Waals surface area (Å²) in [7, 11) is 0. The highest BCUT2D eigenvalue weighted by Gasteiger charge is 2.07. The largest absolute Gasteiger partial charge is 0.481 e. The maximum absolute atomic E-state index is 10.4. The van der Waals surface area contributed by atoms with Crippen LogP contribution in [0, 0.1) is 5.92 Å². The second-order valence-electron chi connectivity index (χ2n) is 6.89. The number of aliphatic carboxylic acids is 1. The highest BCUT2D eigenvalue weighted by molar-refractivity contribution is 5.66. The van der Waals surface area contributed by atoms with Gasteiger partial charge in [-0.2, -0.15) is 0 Å². The third-order valence-corrected chi connectivity index (χ3v) is 4.48. The van der Waals surface area contributed by atoms with Crippen LogP contribution >= 0.6 is 0 Å². The van der Waals surface area contributed by atoms with Gasteiger partial charge >= 0.3 is 5.97 Å². The Kier molecular flexibility index (Phi) is 14.9. The lowest BCUT2D eigenvalue weighted by molar-refractivity contribution is -0.137. The van der Waals surface area contributed by atoms with Crippen LogP contribution in [-0.2, 0) is 4.79 Å². The van der Waals surface area contributed by atoms with Crippen LogP contribution in [0.3, 0.4) is 0 Å². The van der Waals surface area contributed by atoms with Crippen molar-refractivity contribution in [3.05, 3.63) is 0 Å². The van der Waals surface area contributed by atoms with Crippen LogP contribution in [0.2, 0.25) is 0 Å². The van der Waals surface area contributed by atoms with E-state index in [0.29, 0.717) is 6.42 Å². The molecule has 0 aliphatic carbocycles. The third-order valence-electron chi connectivity index (χ3n) is 4.48. The molecular weight excluding hydrogens is 276 g/mol. The van der Waals surface area contributed by atoms with Crippen molar-refractivity contribution in [2.75, 3.05) is 0 Å². The summed E-state index contributed by atoms with van der Waals surface area (Å²) in [6.45, 7) is 4.64. The number of unbranched alkanes of at least 4 members (excludes halogenated alkanes) is 7. The fraction of sp³-hybridized carbons (Fsp3) is 0.947. The van der Waals surface area contributed by atoms with Crippen molar-refractivity contribution in [2.45, 2.75) is 110 Å². The van der Waals surface area contributed by atoms with Gasteiger partial charge in [0.25, 0.3) is 0 Å². The molecule has 0 heterocycles. The summed E-state index contributed by atoms with van der Waals surface area (Å²) in [6.07, 6.45) is 15.1. The van der Waals surface area contributed by atoms with Crippen LogP contribution in [0.4, 0.5) is 0 Å². The summed E-state index contributed by atoms with van der Waals surface area (Å²) in [4.78, 5) is 10.4. The fourth-order valence-electron chi connectivity index (χ4n) is 2.90. The van der Waals surface area contributed by atoms with E-state index in [1.54, 1.807) is 0 Å². The number of rotatable bonds is 16. The molecule has 2 unspecified atom stereocenters. The Hall–Kier alpha value is -0.570. The highest BCUT2D eigenvalue weighted by Crippen LogP contribution is 2.18. The van der Waals surface area contributed by atoms with E-state index in [1.807, 2.05) is 0 Å². The lowest BCUT2D eigenvalue weighted by atomic mass is 9.96. The molecule has 0 aromatic heterocycles. The number of carbonyl (C=O) groups is 1. The molecule has 0 aliphatic heterocycles. The van der Waals surface area contributed by atoms with Gasteiger partial charge in [0.2, 0.25) is 0 Å². The van der Waals surface area contributed by atoms with Crippen molar-refractivity contribution in [1.82, 2.24) is 0 Å². The zero-order chi connectivity index (χ0) is 16.6. The molecule has 2 atom stereocenters. The van der Waals surface area contributed by atoms with E-state index in [9.17, 15) is 9.90 Å². The zero-order valence-electron chi connectivity index (χ0n) is 14.9. The molecule has 22 heavy (non-hydrogen) atoms. The average Bonchev–Trinajstić information content (AvgIpc) is 2.48. The van der Waals surface area contributed by atoms with E-state index in [1.165, 1.54) is 57.8 Å². The van der Waals surface area contributed by atoms with Crippen molar-refractivity contribution < 1.29 is 15.0 Å². The number of aliphatic hydroxyl groups excluding tert-OH is 1. The molecule has 0 saturated heterocycles. The summed E-state index contributed by atoms with van der Waals surface area (Å²) < 4.78 is 0. The Morgan fingerprint density at radius 2 is 1.32 bits per heavy atom. The van der Waals surface area contributed by atoms with Gasteiger partial charge in [-0.1, -0.05) is 84.5 Å². The molecular formula is C19H38O3. The Morgan fingerprint density at radius 3 is 1.86 bits per heavy atom. The molecule has 0 aromatic rings. The maximum atomic E-state index is 10.4. The van der Waals surface area contributed by atoms with E-state index in [-0.39, 0.29) is 6.42 Å². The monoisotopic (exact) mass is 314 g/mol. The smallest absolute Gasteiger partial charge is 0.303 e. The predicted octanol–water partition coefficient (Wildman–Crippen LogP) is 5.55. The highest BCUT2D eigenvalue weighted by atomic mass is 16.4. The van der Waals surface area contributed by atoms with Gasteiger partial charge in [0.1, 0.15) is 0 Å². The average molecular weight is 315 g/mol. The summed E-state index contributed by atoms with van der Waals surface area (Å²) in [6, 6.07) is 0. The Balaban J connectivity index is 3.27. The maximum Gasteiger partial charge on any atom is 0.303 e. The molecule has 0 saturated carbocycles. The third kappa shape index (κ3) is 15.8. The normalized spacial score (nSPS) is 14.0. The van der Waals surface area contributed by atoms with Gasteiger partial charge in [-0.05, 0) is 18.8 Å². The van der Waals surface area contributed by atoms with Crippen molar-refractivity contribution >= 4 is 5.97 Å². The Morgan fingerprint density at radius 1 is 0.818 bits per heavy atom. The molecule has 3 heteroatoms. The summed E-state index contributed by atoms with van der Waals surface area (Å²) >= 11 is 0. The van der Waals surface area contributed by atoms with Crippen LogP contribution in [0.5, 0.6) is 0 Å². The molecule has 132 valence electrons. The van der Waals surface area contributed by atoms with Gasteiger partial charge in [-0.3, -0.25) is 4.79 Å². The van der Waals surface area contributed by atoms with Crippen molar-refractivity contribution in [2.24, 2.45) is 5.92 Å². The van der Waals surface area contributed by atoms with E-state index in [2.05, 4.69) is 13.8 Å². The van der Waals surface area contributed by atoms with Crippen molar-refractivity contribution in [3.63, 3.8) is 0 Å². The van der Waals surface area contributed by atoms with Crippen LogP contribution in [-0.4, -0.2) is 22.3 Å². The van der Waals surface area contributed by atoms with Gasteiger partial charge < -0.3 is 10.2 Å². The van der Waals surface area contributed by atoms with Crippen LogP contribution in [0.1, 0.15) is 104 Å². The van der Waals surface area contributed by atoms with Crippen molar-refractivity contribution in [1.29, 1.82) is 0 Å². The SMILES string of the molecule is CCCCCCC(C)CCCCCCCC(O)CCC(=O)O. The number of carboxylic acids is 1. The lowest BCUT2D eigenvalue weighted by Crippen LogP contribution is -2.09. The van der Waals surface area contributed by atoms with Gasteiger partial charge in [0.05, 0.1) is 6.10 Å². The summed E-state index contributed by atoms with van der Waals surface area (Å²) in [5.74, 6) is 0.0533. The lowest BCUT2D eigenvalue weighted by Gasteiger charge is -2.11. The fourth-order valence-corrected chi connectivity index (χ4v) is 2.90. The minimum absolute atomic E-state index is 0.0807. The molecule has 0 aliphatic rings. The number of carboxylic acid groups (broad SMARTS) is 1. The van der Waals surface area contributed by atoms with Crippen molar-refractivity contribution in [3.8, 4) is 0 Å². The van der Waals surface area contributed by atoms with Crippen LogP contribution in [0.25, 0.3) is 0 Å². The first-order chi connectivity index (χ1) is 10.6. The molecule has 0 aromatic carbocycles. The molecule has 0 radical (unpaired) electrons. The van der Waals surface area contributed by atoms with Gasteiger partial charge in [-0.15, -0.1) is 0 Å². The van der Waals surface area contributed by atoms with E-state index in [4.69, 9.17) is 5.11 Å². The van der Waals surface area contributed by atoms with E-state index in [0.717, 1.165) is 25.2 Å². The van der Waals surface area contributed by atoms with Crippen LogP contribution < -0.4 is 0 Å². The molecule has 0 rings (SSSR count). The quantitative estimate of drug-likeness (QED) is 0.367. The first-order valence-electron chi connectivity index (χ1n) is 9.46. The number of hydrogen-bond donors (Lipinski definition) is 2. The first kappa shape index (κ1) is 21.4. The van der Waals surface area contributed by atoms with E-state index < -0.39 is 12.1 Å². The van der Waals surface area contributed by atoms with Crippen LogP contribution in [0.15, 0.2) is 0 Å². The molecule has 0 spiro atoms. The Bertz CT molecular complexity index is 253. The predicted molar refractivity (Wildman–Crippen MR) is 93.1 cm³/mol. The van der Waals surface area contributed by atoms with Gasteiger partial charge in [0.15, 0.2) is 0 Å². The molecule has 0 bridgehead atoms. The number of hydrogen-bond acceptors (Lipinski definition) is 2. The summed E-state index contributed by atoms with van der Waals surface area (Å²) in [5.41, 5.74) is 0. The minimum atomic E-state index is -0.817. The standard InChI is InChI=1S/C19H38O3/c1-3-4-5-9-12-17(2)13-10-7-6-8-11-14-18(20)15-16-19(21)22/h17-18,20H,3-16H2,1-2H3,(H,21,22). The molecule has 3 nitrogen and oxygen atoms in total. The second kappa shape index (κ2) is 15.3. The van der Waals surface area contributed by atoms with E-state index >= 15 is 0 Å². The molecule has 2 N–H and O–H groups in total. The first-order valence-corrected chi connectivity index (χ1v) is 9.46.